The van der Waals surface area contributed by atoms with Crippen LogP contribution in [0.15, 0.2) is 6.07 Å². The van der Waals surface area contributed by atoms with E-state index in [9.17, 15) is 4.39 Å². The summed E-state index contributed by atoms with van der Waals surface area (Å²) in [5.74, 6) is -0.271. The van der Waals surface area contributed by atoms with E-state index >= 15 is 0 Å². The highest BCUT2D eigenvalue weighted by atomic mass is 19.1. The molecule has 1 aromatic rings. The molecule has 1 heterocycles. The second-order valence-electron chi connectivity index (χ2n) is 1.94. The van der Waals surface area contributed by atoms with E-state index in [1.165, 1.54) is 17.8 Å². The third-order valence-corrected chi connectivity index (χ3v) is 1.24. The summed E-state index contributed by atoms with van der Waals surface area (Å²) >= 11 is 0. The Balaban J connectivity index is 0.000000461. The molecule has 64 valence electrons. The molecule has 3 nitrogen and oxygen atoms in total. The van der Waals surface area contributed by atoms with Gasteiger partial charge in [-0.3, -0.25) is 0 Å². The smallest absolute Gasteiger partial charge is 0.211 e. The van der Waals surface area contributed by atoms with Crippen LogP contribution in [0.3, 0.4) is 0 Å². The number of halogens is 1. The van der Waals surface area contributed by atoms with Gasteiger partial charge in [0.15, 0.2) is 0 Å². The number of nitrogens with zero attached hydrogens (tertiary/aromatic N) is 2. The second kappa shape index (κ2) is 4.85. The van der Waals surface area contributed by atoms with Crippen molar-refractivity contribution in [2.24, 2.45) is 12.8 Å². The molecule has 0 aromatic carbocycles. The van der Waals surface area contributed by atoms with Gasteiger partial charge in [0.2, 0.25) is 5.95 Å². The van der Waals surface area contributed by atoms with Crippen molar-refractivity contribution in [2.75, 3.05) is 7.05 Å². The van der Waals surface area contributed by atoms with E-state index in [1.807, 2.05) is 6.92 Å². The SMILES string of the molecule is CCc1cc(F)n(C)n1.CN. The number of rotatable bonds is 1. The minimum atomic E-state index is -0.271. The topological polar surface area (TPSA) is 43.8 Å². The second-order valence-corrected chi connectivity index (χ2v) is 1.94. The minimum absolute atomic E-state index is 0.271. The van der Waals surface area contributed by atoms with E-state index < -0.39 is 0 Å². The zero-order valence-electron chi connectivity index (χ0n) is 7.13. The molecule has 2 N–H and O–H groups in total. The Kier molecular flexibility index (Phi) is 4.45. The lowest BCUT2D eigenvalue weighted by Crippen LogP contribution is -1.93. The monoisotopic (exact) mass is 159 g/mol. The molecule has 0 saturated heterocycles. The molecule has 4 heteroatoms. The van der Waals surface area contributed by atoms with Crippen LogP contribution in [-0.4, -0.2) is 16.8 Å². The van der Waals surface area contributed by atoms with Crippen molar-refractivity contribution in [1.82, 2.24) is 9.78 Å². The van der Waals surface area contributed by atoms with Gasteiger partial charge in [-0.15, -0.1) is 0 Å². The lowest BCUT2D eigenvalue weighted by atomic mass is 10.3. The number of aryl methyl sites for hydroxylation is 2. The summed E-state index contributed by atoms with van der Waals surface area (Å²) in [5, 5.41) is 3.87. The Hall–Kier alpha value is -0.900. The zero-order valence-corrected chi connectivity index (χ0v) is 7.13. The lowest BCUT2D eigenvalue weighted by molar-refractivity contribution is 0.503. The molecular weight excluding hydrogens is 145 g/mol. The Morgan fingerprint density at radius 2 is 2.18 bits per heavy atom. The highest BCUT2D eigenvalue weighted by Crippen LogP contribution is 1.99. The quantitative estimate of drug-likeness (QED) is 0.655. The molecule has 0 unspecified atom stereocenters. The average Bonchev–Trinajstić information content (AvgIpc) is 2.36. The van der Waals surface area contributed by atoms with Crippen LogP contribution in [0, 0.1) is 5.95 Å². The van der Waals surface area contributed by atoms with Gasteiger partial charge in [-0.1, -0.05) is 6.92 Å². The number of nitrogens with two attached hydrogens (primary N) is 1. The first-order valence-corrected chi connectivity index (χ1v) is 3.50. The summed E-state index contributed by atoms with van der Waals surface area (Å²) in [6.07, 6.45) is 0.789. The van der Waals surface area contributed by atoms with Gasteiger partial charge in [-0.25, -0.2) is 4.68 Å². The molecule has 1 aromatic heterocycles. The maximum Gasteiger partial charge on any atom is 0.211 e. The van der Waals surface area contributed by atoms with Crippen molar-refractivity contribution in [3.8, 4) is 0 Å². The maximum atomic E-state index is 12.4. The van der Waals surface area contributed by atoms with Crippen molar-refractivity contribution in [3.05, 3.63) is 17.7 Å². The Morgan fingerprint density at radius 3 is 2.36 bits per heavy atom. The molecule has 0 amide bonds. The van der Waals surface area contributed by atoms with Gasteiger partial charge >= 0.3 is 0 Å². The fourth-order valence-electron chi connectivity index (χ4n) is 0.673. The van der Waals surface area contributed by atoms with E-state index in [4.69, 9.17) is 0 Å². The van der Waals surface area contributed by atoms with Gasteiger partial charge in [-0.2, -0.15) is 9.49 Å². The van der Waals surface area contributed by atoms with Gasteiger partial charge in [-0.05, 0) is 13.5 Å². The Morgan fingerprint density at radius 1 is 1.64 bits per heavy atom. The van der Waals surface area contributed by atoms with E-state index in [1.54, 1.807) is 7.05 Å². The maximum absolute atomic E-state index is 12.4. The van der Waals surface area contributed by atoms with Crippen molar-refractivity contribution in [3.63, 3.8) is 0 Å². The van der Waals surface area contributed by atoms with Gasteiger partial charge in [0.1, 0.15) is 0 Å². The molecule has 0 bridgehead atoms. The van der Waals surface area contributed by atoms with E-state index in [2.05, 4.69) is 10.8 Å². The molecule has 11 heavy (non-hydrogen) atoms. The zero-order chi connectivity index (χ0) is 8.85. The fourth-order valence-corrected chi connectivity index (χ4v) is 0.673. The third kappa shape index (κ3) is 2.67. The van der Waals surface area contributed by atoms with Crippen LogP contribution >= 0.6 is 0 Å². The van der Waals surface area contributed by atoms with E-state index in [0.717, 1.165) is 12.1 Å². The molecule has 0 fully saturated rings. The summed E-state index contributed by atoms with van der Waals surface area (Å²) in [5.41, 5.74) is 5.30. The van der Waals surface area contributed by atoms with Crippen molar-refractivity contribution in [2.45, 2.75) is 13.3 Å². The lowest BCUT2D eigenvalue weighted by Gasteiger charge is -1.85. The van der Waals surface area contributed by atoms with E-state index in [-0.39, 0.29) is 5.95 Å². The van der Waals surface area contributed by atoms with Gasteiger partial charge in [0, 0.05) is 13.1 Å². The fraction of sp³-hybridized carbons (Fsp3) is 0.571. The Bertz CT molecular complexity index is 188. The summed E-state index contributed by atoms with van der Waals surface area (Å²) in [7, 11) is 3.09. The average molecular weight is 159 g/mol. The predicted octanol–water partition coefficient (Wildman–Crippen LogP) is 0.697. The highest BCUT2D eigenvalue weighted by Gasteiger charge is 1.99. The van der Waals surface area contributed by atoms with E-state index in [0.29, 0.717) is 0 Å². The van der Waals surface area contributed by atoms with Gasteiger partial charge in [0.25, 0.3) is 0 Å². The number of hydrogen-bond acceptors (Lipinski definition) is 2. The van der Waals surface area contributed by atoms with Crippen LogP contribution in [0.4, 0.5) is 4.39 Å². The van der Waals surface area contributed by atoms with Crippen molar-refractivity contribution < 1.29 is 4.39 Å². The molecule has 0 aliphatic rings. The van der Waals surface area contributed by atoms with Crippen molar-refractivity contribution in [1.29, 1.82) is 0 Å². The summed E-state index contributed by atoms with van der Waals surface area (Å²) in [4.78, 5) is 0. The molecule has 0 radical (unpaired) electrons. The normalized spacial score (nSPS) is 8.82. The van der Waals surface area contributed by atoms with Gasteiger partial charge < -0.3 is 5.73 Å². The first-order valence-electron chi connectivity index (χ1n) is 3.50. The minimum Gasteiger partial charge on any atom is -0.333 e. The molecule has 0 saturated carbocycles. The largest absolute Gasteiger partial charge is 0.333 e. The summed E-state index contributed by atoms with van der Waals surface area (Å²) < 4.78 is 13.7. The predicted molar refractivity (Wildman–Crippen MR) is 42.7 cm³/mol. The molecule has 0 spiro atoms. The van der Waals surface area contributed by atoms with Crippen LogP contribution < -0.4 is 5.73 Å². The number of aromatic nitrogens is 2. The van der Waals surface area contributed by atoms with Crippen LogP contribution in [0.5, 0.6) is 0 Å². The summed E-state index contributed by atoms with van der Waals surface area (Å²) in [6, 6.07) is 1.44. The first kappa shape index (κ1) is 10.1. The molecule has 1 rings (SSSR count). The third-order valence-electron chi connectivity index (χ3n) is 1.24. The Labute approximate surface area is 66.0 Å². The van der Waals surface area contributed by atoms with Crippen LogP contribution in [0.2, 0.25) is 0 Å². The molecular formula is C7H14FN3. The molecule has 0 aliphatic heterocycles. The van der Waals surface area contributed by atoms with Crippen molar-refractivity contribution >= 4 is 0 Å². The van der Waals surface area contributed by atoms with Crippen LogP contribution in [0.25, 0.3) is 0 Å². The van der Waals surface area contributed by atoms with Gasteiger partial charge in [0.05, 0.1) is 5.69 Å². The van der Waals surface area contributed by atoms with Crippen LogP contribution in [-0.2, 0) is 13.5 Å². The first-order chi connectivity index (χ1) is 5.24. The van der Waals surface area contributed by atoms with Crippen LogP contribution in [0.1, 0.15) is 12.6 Å². The standard InChI is InChI=1S/C6H9FN2.CH5N/c1-3-5-4-6(7)9(2)8-5;1-2/h4H,3H2,1-2H3;2H2,1H3. The number of hydrogen-bond donors (Lipinski definition) is 1. The highest BCUT2D eigenvalue weighted by molar-refractivity contribution is 4.99. The molecule has 0 atom stereocenters. The molecule has 0 aliphatic carbocycles. The summed E-state index contributed by atoms with van der Waals surface area (Å²) in [6.45, 7) is 1.95.